The van der Waals surface area contributed by atoms with Crippen LogP contribution < -0.4 is 0 Å². The van der Waals surface area contributed by atoms with E-state index in [0.29, 0.717) is 16.9 Å². The van der Waals surface area contributed by atoms with Gasteiger partial charge in [-0.25, -0.2) is 4.79 Å². The van der Waals surface area contributed by atoms with Gasteiger partial charge in [-0.2, -0.15) is 11.8 Å². The molecule has 1 heterocycles. The van der Waals surface area contributed by atoms with Crippen LogP contribution in [-0.2, 0) is 19.1 Å². The first-order chi connectivity index (χ1) is 9.26. The highest BCUT2D eigenvalue weighted by Crippen LogP contribution is 2.36. The highest BCUT2D eigenvalue weighted by atomic mass is 32.2. The van der Waals surface area contributed by atoms with Gasteiger partial charge in [0.2, 0.25) is 0 Å². The van der Waals surface area contributed by atoms with Crippen molar-refractivity contribution in [2.75, 3.05) is 12.4 Å². The summed E-state index contributed by atoms with van der Waals surface area (Å²) in [5.74, 6) is -0.0363. The number of rotatable bonds is 5. The van der Waals surface area contributed by atoms with Gasteiger partial charge in [0.25, 0.3) is 0 Å². The summed E-state index contributed by atoms with van der Waals surface area (Å²) >= 11 is 3.47. The zero-order chi connectivity index (χ0) is 15.3. The molecule has 3 atom stereocenters. The number of hydrogen-bond acceptors (Lipinski definition) is 6. The molecule has 0 saturated carbocycles. The zero-order valence-corrected chi connectivity index (χ0v) is 14.4. The molecule has 0 aromatic rings. The molecule has 0 radical (unpaired) electrons. The fourth-order valence-corrected chi connectivity index (χ4v) is 4.10. The van der Waals surface area contributed by atoms with Crippen molar-refractivity contribution in [3.8, 4) is 0 Å². The third kappa shape index (κ3) is 5.20. The summed E-state index contributed by atoms with van der Waals surface area (Å²) in [6.07, 6.45) is 0.672. The van der Waals surface area contributed by atoms with Gasteiger partial charge in [-0.1, -0.05) is 20.8 Å². The summed E-state index contributed by atoms with van der Waals surface area (Å²) in [6.45, 7) is 9.53. The van der Waals surface area contributed by atoms with Crippen LogP contribution in [-0.4, -0.2) is 40.2 Å². The second-order valence-corrected chi connectivity index (χ2v) is 8.56. The Bertz CT molecular complexity index is 357. The number of esters is 2. The van der Waals surface area contributed by atoms with Crippen molar-refractivity contribution in [1.29, 1.82) is 0 Å². The number of thioether (sulfide) groups is 2. The fraction of sp³-hybridized carbons (Fsp3) is 0.857. The standard InChI is InChI=1S/C14H24O4S2/c1-6-14(4,5)13(16)17-7-11(15)18-12-8-19-9(2)10(3)20-12/h9-10,12H,6-8H2,1-5H3. The van der Waals surface area contributed by atoms with Crippen molar-refractivity contribution < 1.29 is 19.1 Å². The van der Waals surface area contributed by atoms with Crippen molar-refractivity contribution in [1.82, 2.24) is 0 Å². The number of carbonyl (C=O) groups excluding carboxylic acids is 2. The molecular formula is C14H24O4S2. The number of hydrogen-bond donors (Lipinski definition) is 0. The van der Waals surface area contributed by atoms with E-state index in [4.69, 9.17) is 9.47 Å². The van der Waals surface area contributed by atoms with E-state index < -0.39 is 11.4 Å². The monoisotopic (exact) mass is 320 g/mol. The Morgan fingerprint density at radius 1 is 1.25 bits per heavy atom. The van der Waals surface area contributed by atoms with Crippen LogP contribution in [0.1, 0.15) is 41.0 Å². The molecule has 0 N–H and O–H groups in total. The van der Waals surface area contributed by atoms with Crippen LogP contribution in [0.3, 0.4) is 0 Å². The lowest BCUT2D eigenvalue weighted by Crippen LogP contribution is -2.32. The van der Waals surface area contributed by atoms with Crippen molar-refractivity contribution in [2.45, 2.75) is 57.0 Å². The molecule has 6 heteroatoms. The highest BCUT2D eigenvalue weighted by Gasteiger charge is 2.30. The Kier molecular flexibility index (Phi) is 6.72. The summed E-state index contributed by atoms with van der Waals surface area (Å²) in [5.41, 5.74) is -0.698. The average Bonchev–Trinajstić information content (AvgIpc) is 2.40. The maximum absolute atomic E-state index is 11.7. The van der Waals surface area contributed by atoms with Crippen LogP contribution >= 0.6 is 23.5 Å². The van der Waals surface area contributed by atoms with Gasteiger partial charge in [0.1, 0.15) is 0 Å². The Morgan fingerprint density at radius 2 is 1.90 bits per heavy atom. The first-order valence-electron chi connectivity index (χ1n) is 6.90. The van der Waals surface area contributed by atoms with E-state index in [2.05, 4.69) is 13.8 Å². The third-order valence-electron chi connectivity index (χ3n) is 3.54. The van der Waals surface area contributed by atoms with Crippen LogP contribution in [0.4, 0.5) is 0 Å². The molecule has 1 aliphatic rings. The SMILES string of the molecule is CCC(C)(C)C(=O)OCC(=O)OC1CSC(C)C(C)S1. The summed E-state index contributed by atoms with van der Waals surface area (Å²) in [4.78, 5) is 23.4. The zero-order valence-electron chi connectivity index (χ0n) is 12.8. The summed E-state index contributed by atoms with van der Waals surface area (Å²) in [5, 5.41) is 1.02. The molecule has 0 aliphatic carbocycles. The normalized spacial score (nSPS) is 26.9. The average molecular weight is 320 g/mol. The van der Waals surface area contributed by atoms with E-state index in [9.17, 15) is 9.59 Å². The van der Waals surface area contributed by atoms with E-state index in [1.807, 2.05) is 6.92 Å². The lowest BCUT2D eigenvalue weighted by molar-refractivity contribution is -0.165. The molecule has 1 saturated heterocycles. The van der Waals surface area contributed by atoms with Gasteiger partial charge >= 0.3 is 11.9 Å². The molecule has 1 aliphatic heterocycles. The van der Waals surface area contributed by atoms with E-state index in [-0.39, 0.29) is 18.0 Å². The van der Waals surface area contributed by atoms with Gasteiger partial charge in [-0.3, -0.25) is 4.79 Å². The smallest absolute Gasteiger partial charge is 0.345 e. The van der Waals surface area contributed by atoms with Gasteiger partial charge in [-0.05, 0) is 20.3 Å². The van der Waals surface area contributed by atoms with Gasteiger partial charge in [-0.15, -0.1) is 11.8 Å². The van der Waals surface area contributed by atoms with Crippen LogP contribution in [0, 0.1) is 5.41 Å². The van der Waals surface area contributed by atoms with Gasteiger partial charge in [0.15, 0.2) is 12.0 Å². The van der Waals surface area contributed by atoms with Gasteiger partial charge in [0.05, 0.1) is 5.41 Å². The lowest BCUT2D eigenvalue weighted by Gasteiger charge is -2.30. The predicted octanol–water partition coefficient (Wildman–Crippen LogP) is 3.09. The van der Waals surface area contributed by atoms with E-state index in [1.165, 1.54) is 0 Å². The third-order valence-corrected chi connectivity index (χ3v) is 6.76. The molecule has 1 fully saturated rings. The van der Waals surface area contributed by atoms with Gasteiger partial charge in [0, 0.05) is 16.3 Å². The summed E-state index contributed by atoms with van der Waals surface area (Å²) < 4.78 is 10.4. The first kappa shape index (κ1) is 17.7. The Balaban J connectivity index is 2.32. The molecule has 116 valence electrons. The Morgan fingerprint density at radius 3 is 2.45 bits per heavy atom. The first-order valence-corrected chi connectivity index (χ1v) is 8.89. The molecular weight excluding hydrogens is 296 g/mol. The van der Waals surface area contributed by atoms with Crippen LogP contribution in [0.5, 0.6) is 0 Å². The van der Waals surface area contributed by atoms with Crippen molar-refractivity contribution in [3.05, 3.63) is 0 Å². The maximum atomic E-state index is 11.7. The minimum absolute atomic E-state index is 0.142. The van der Waals surface area contributed by atoms with E-state index in [0.717, 1.165) is 5.75 Å². The molecule has 20 heavy (non-hydrogen) atoms. The topological polar surface area (TPSA) is 52.6 Å². The van der Waals surface area contributed by atoms with Crippen LogP contribution in [0.15, 0.2) is 0 Å². The fourth-order valence-electron chi connectivity index (χ4n) is 1.46. The van der Waals surface area contributed by atoms with Gasteiger partial charge < -0.3 is 9.47 Å². The largest absolute Gasteiger partial charge is 0.453 e. The highest BCUT2D eigenvalue weighted by molar-refractivity contribution is 8.07. The summed E-state index contributed by atoms with van der Waals surface area (Å²) in [6, 6.07) is 0. The Hall–Kier alpha value is -0.360. The molecule has 0 aromatic carbocycles. The molecule has 0 amide bonds. The van der Waals surface area contributed by atoms with Crippen LogP contribution in [0.2, 0.25) is 0 Å². The maximum Gasteiger partial charge on any atom is 0.345 e. The molecule has 3 unspecified atom stereocenters. The van der Waals surface area contributed by atoms with E-state index >= 15 is 0 Å². The Labute approximate surface area is 129 Å². The van der Waals surface area contributed by atoms with Crippen molar-refractivity contribution in [2.24, 2.45) is 5.41 Å². The van der Waals surface area contributed by atoms with Crippen LogP contribution in [0.25, 0.3) is 0 Å². The second-order valence-electron chi connectivity index (χ2n) is 5.61. The predicted molar refractivity (Wildman–Crippen MR) is 83.9 cm³/mol. The quantitative estimate of drug-likeness (QED) is 0.726. The molecule has 4 nitrogen and oxygen atoms in total. The number of ether oxygens (including phenoxy) is 2. The molecule has 0 aromatic heterocycles. The van der Waals surface area contributed by atoms with Crippen molar-refractivity contribution in [3.63, 3.8) is 0 Å². The lowest BCUT2D eigenvalue weighted by atomic mass is 9.91. The molecule has 1 rings (SSSR count). The minimum atomic E-state index is -0.556. The second kappa shape index (κ2) is 7.59. The van der Waals surface area contributed by atoms with E-state index in [1.54, 1.807) is 37.4 Å². The minimum Gasteiger partial charge on any atom is -0.453 e. The summed E-state index contributed by atoms with van der Waals surface area (Å²) in [7, 11) is 0. The molecule has 0 bridgehead atoms. The number of carbonyl (C=O) groups is 2. The molecule has 0 spiro atoms. The van der Waals surface area contributed by atoms with Crippen molar-refractivity contribution >= 4 is 35.5 Å².